The topological polar surface area (TPSA) is 9.23 Å². The zero-order valence-electron chi connectivity index (χ0n) is 16.3. The lowest BCUT2D eigenvalue weighted by molar-refractivity contribution is 0.252. The molecule has 0 N–H and O–H groups in total. The molecule has 1 aliphatic carbocycles. The molecule has 0 heterocycles. The van der Waals surface area contributed by atoms with Crippen LogP contribution in [0.3, 0.4) is 0 Å². The Labute approximate surface area is 159 Å². The lowest BCUT2D eigenvalue weighted by atomic mass is 9.78. The van der Waals surface area contributed by atoms with Gasteiger partial charge >= 0.3 is 0 Å². The van der Waals surface area contributed by atoms with Crippen molar-refractivity contribution in [1.82, 2.24) is 0 Å². The Morgan fingerprint density at radius 2 is 1.56 bits per heavy atom. The van der Waals surface area contributed by atoms with Crippen molar-refractivity contribution in [3.8, 4) is 5.75 Å². The van der Waals surface area contributed by atoms with Crippen LogP contribution in [0.5, 0.6) is 5.75 Å². The average Bonchev–Trinajstić information content (AvgIpc) is 2.67. The van der Waals surface area contributed by atoms with Gasteiger partial charge in [0.15, 0.2) is 11.6 Å². The Hall–Kier alpha value is -1.71. The maximum atomic E-state index is 14.9. The number of rotatable bonds is 7. The maximum absolute atomic E-state index is 14.9. The van der Waals surface area contributed by atoms with Crippen molar-refractivity contribution in [3.05, 3.63) is 41.2 Å². The van der Waals surface area contributed by atoms with Crippen molar-refractivity contribution in [1.29, 1.82) is 0 Å². The van der Waals surface area contributed by atoms with Crippen LogP contribution in [0.1, 0.15) is 64.4 Å². The van der Waals surface area contributed by atoms with Crippen LogP contribution in [0, 0.1) is 29.3 Å². The summed E-state index contributed by atoms with van der Waals surface area (Å²) in [6.07, 6.45) is 8.94. The molecule has 0 unspecified atom stereocenters. The fraction of sp³-hybridized carbons (Fsp3) is 0.565. The summed E-state index contributed by atoms with van der Waals surface area (Å²) in [5.74, 6) is -1.62. The number of hydrogen-bond acceptors (Lipinski definition) is 1. The SMILES string of the molecule is CCCC1CCC(CCc2ccc3cc(OCC)c(F)c(F)c3c2F)CC1. The smallest absolute Gasteiger partial charge is 0.201 e. The summed E-state index contributed by atoms with van der Waals surface area (Å²) in [5.41, 5.74) is 0.473. The van der Waals surface area contributed by atoms with Gasteiger partial charge in [0.25, 0.3) is 0 Å². The minimum absolute atomic E-state index is 0.168. The van der Waals surface area contributed by atoms with Crippen LogP contribution in [0.4, 0.5) is 13.2 Å². The van der Waals surface area contributed by atoms with E-state index in [1.807, 2.05) is 0 Å². The molecular weight excluding hydrogens is 349 g/mol. The van der Waals surface area contributed by atoms with Crippen LogP contribution in [0.15, 0.2) is 18.2 Å². The fourth-order valence-corrected chi connectivity index (χ4v) is 4.43. The van der Waals surface area contributed by atoms with Gasteiger partial charge in [0, 0.05) is 0 Å². The largest absolute Gasteiger partial charge is 0.491 e. The first-order chi connectivity index (χ1) is 13.0. The van der Waals surface area contributed by atoms with E-state index in [9.17, 15) is 13.2 Å². The van der Waals surface area contributed by atoms with Crippen molar-refractivity contribution in [2.45, 2.75) is 65.2 Å². The van der Waals surface area contributed by atoms with Gasteiger partial charge in [0.2, 0.25) is 5.82 Å². The molecule has 0 saturated heterocycles. The lowest BCUT2D eigenvalue weighted by Gasteiger charge is -2.28. The molecule has 2 aromatic carbocycles. The summed E-state index contributed by atoms with van der Waals surface area (Å²) >= 11 is 0. The van der Waals surface area contributed by atoms with E-state index in [-0.39, 0.29) is 17.7 Å². The minimum atomic E-state index is -1.16. The van der Waals surface area contributed by atoms with Crippen molar-refractivity contribution < 1.29 is 17.9 Å². The van der Waals surface area contributed by atoms with E-state index in [4.69, 9.17) is 4.74 Å². The molecule has 1 fully saturated rings. The maximum Gasteiger partial charge on any atom is 0.201 e. The molecule has 148 valence electrons. The summed E-state index contributed by atoms with van der Waals surface area (Å²) < 4.78 is 48.6. The molecular formula is C23H29F3O. The van der Waals surface area contributed by atoms with Crippen LogP contribution in [-0.2, 0) is 6.42 Å². The highest BCUT2D eigenvalue weighted by Crippen LogP contribution is 2.35. The van der Waals surface area contributed by atoms with Gasteiger partial charge in [0.05, 0.1) is 12.0 Å². The van der Waals surface area contributed by atoms with Crippen LogP contribution in [0.25, 0.3) is 10.8 Å². The van der Waals surface area contributed by atoms with E-state index >= 15 is 0 Å². The molecule has 0 amide bonds. The van der Waals surface area contributed by atoms with Gasteiger partial charge in [-0.05, 0) is 48.6 Å². The molecule has 0 bridgehead atoms. The normalized spacial score (nSPS) is 20.2. The summed E-state index contributed by atoms with van der Waals surface area (Å²) in [7, 11) is 0. The quantitative estimate of drug-likeness (QED) is 0.495. The van der Waals surface area contributed by atoms with Crippen molar-refractivity contribution >= 4 is 10.8 Å². The molecule has 3 rings (SSSR count). The molecule has 1 aliphatic rings. The zero-order valence-corrected chi connectivity index (χ0v) is 16.3. The van der Waals surface area contributed by atoms with Gasteiger partial charge in [-0.15, -0.1) is 0 Å². The number of halogens is 3. The Morgan fingerprint density at radius 1 is 0.889 bits per heavy atom. The molecule has 0 spiro atoms. The van der Waals surface area contributed by atoms with Crippen LogP contribution in [0.2, 0.25) is 0 Å². The summed E-state index contributed by atoms with van der Waals surface area (Å²) in [6.45, 7) is 4.15. The van der Waals surface area contributed by atoms with Crippen LogP contribution >= 0.6 is 0 Å². The monoisotopic (exact) mass is 378 g/mol. The first kappa shape index (κ1) is 20.0. The first-order valence-corrected chi connectivity index (χ1v) is 10.3. The first-order valence-electron chi connectivity index (χ1n) is 10.3. The van der Waals surface area contributed by atoms with Gasteiger partial charge in [-0.3, -0.25) is 0 Å². The predicted molar refractivity (Wildman–Crippen MR) is 104 cm³/mol. The zero-order chi connectivity index (χ0) is 19.4. The molecule has 0 aromatic heterocycles. The van der Waals surface area contributed by atoms with E-state index in [0.717, 1.165) is 12.3 Å². The van der Waals surface area contributed by atoms with E-state index in [0.29, 0.717) is 23.3 Å². The number of fused-ring (bicyclic) bond motifs is 1. The van der Waals surface area contributed by atoms with Gasteiger partial charge in [-0.25, -0.2) is 8.78 Å². The van der Waals surface area contributed by atoms with E-state index in [1.54, 1.807) is 19.1 Å². The van der Waals surface area contributed by atoms with Gasteiger partial charge in [-0.1, -0.05) is 57.6 Å². The second-order valence-electron chi connectivity index (χ2n) is 7.79. The molecule has 2 aromatic rings. The standard InChI is InChI=1S/C23H29F3O/c1-3-5-15-6-8-16(9-7-15)10-11-17-12-13-18-14-19(27-4-2)22(25)23(26)20(18)21(17)24/h12-16H,3-11H2,1-2H3. The van der Waals surface area contributed by atoms with E-state index in [2.05, 4.69) is 6.92 Å². The van der Waals surface area contributed by atoms with Gasteiger partial charge < -0.3 is 4.74 Å². The van der Waals surface area contributed by atoms with Gasteiger partial charge in [-0.2, -0.15) is 4.39 Å². The summed E-state index contributed by atoms with van der Waals surface area (Å²) in [6, 6.07) is 4.74. The average molecular weight is 378 g/mol. The summed E-state index contributed by atoms with van der Waals surface area (Å²) in [5, 5.41) is 0.0683. The molecule has 1 nitrogen and oxygen atoms in total. The fourth-order valence-electron chi connectivity index (χ4n) is 4.43. The highest BCUT2D eigenvalue weighted by atomic mass is 19.2. The van der Waals surface area contributed by atoms with Crippen molar-refractivity contribution in [2.75, 3.05) is 6.61 Å². The predicted octanol–water partition coefficient (Wildman–Crippen LogP) is 7.19. The Balaban J connectivity index is 1.73. The number of ether oxygens (including phenoxy) is 1. The second-order valence-corrected chi connectivity index (χ2v) is 7.79. The third-order valence-electron chi connectivity index (χ3n) is 5.95. The van der Waals surface area contributed by atoms with Crippen LogP contribution < -0.4 is 4.74 Å². The number of benzene rings is 2. The molecule has 0 atom stereocenters. The Morgan fingerprint density at radius 3 is 2.19 bits per heavy atom. The number of hydrogen-bond donors (Lipinski definition) is 0. The lowest BCUT2D eigenvalue weighted by Crippen LogP contribution is -2.15. The van der Waals surface area contributed by atoms with Crippen LogP contribution in [-0.4, -0.2) is 6.61 Å². The van der Waals surface area contributed by atoms with E-state index in [1.165, 1.54) is 44.6 Å². The third-order valence-corrected chi connectivity index (χ3v) is 5.95. The highest BCUT2D eigenvalue weighted by Gasteiger charge is 2.22. The second kappa shape index (κ2) is 8.99. The summed E-state index contributed by atoms with van der Waals surface area (Å²) in [4.78, 5) is 0. The Kier molecular flexibility index (Phi) is 6.67. The van der Waals surface area contributed by atoms with Crippen molar-refractivity contribution in [3.63, 3.8) is 0 Å². The Bertz CT molecular complexity index is 779. The van der Waals surface area contributed by atoms with E-state index < -0.39 is 17.5 Å². The molecule has 0 radical (unpaired) electrons. The number of aryl methyl sites for hydroxylation is 1. The van der Waals surface area contributed by atoms with Gasteiger partial charge in [0.1, 0.15) is 5.82 Å². The molecule has 4 heteroatoms. The highest BCUT2D eigenvalue weighted by molar-refractivity contribution is 5.86. The molecule has 27 heavy (non-hydrogen) atoms. The van der Waals surface area contributed by atoms with Crippen molar-refractivity contribution in [2.24, 2.45) is 11.8 Å². The molecule has 0 aliphatic heterocycles. The minimum Gasteiger partial charge on any atom is -0.491 e. The molecule has 1 saturated carbocycles. The third kappa shape index (κ3) is 4.41.